The van der Waals surface area contributed by atoms with Crippen LogP contribution in [0.5, 0.6) is 0 Å². The third-order valence-corrected chi connectivity index (χ3v) is 0.887. The molecule has 0 amide bonds. The number of rotatable bonds is 1. The second-order valence-corrected chi connectivity index (χ2v) is 1.35. The molecule has 0 bridgehead atoms. The Morgan fingerprint density at radius 3 is 2.88 bits per heavy atom. The summed E-state index contributed by atoms with van der Waals surface area (Å²) < 4.78 is 4.75. The van der Waals surface area contributed by atoms with Gasteiger partial charge in [0.2, 0.25) is 6.35 Å². The van der Waals surface area contributed by atoms with Crippen LogP contribution in [0.1, 0.15) is 0 Å². The molecule has 0 fully saturated rings. The van der Waals surface area contributed by atoms with Crippen LogP contribution in [-0.2, 0) is 9.57 Å². The van der Waals surface area contributed by atoms with Gasteiger partial charge in [0.1, 0.15) is 6.26 Å². The van der Waals surface area contributed by atoms with E-state index in [1.54, 1.807) is 6.20 Å². The molecule has 0 aromatic heterocycles. The number of ether oxygens (including phenoxy) is 1. The third kappa shape index (κ3) is 0.753. The molecule has 0 aromatic carbocycles. The standard InChI is InChI=1S/C4H8N2O2/c1-7-6-2-3-8-4(6)5/h2-4H,5H2,1H3. The highest BCUT2D eigenvalue weighted by Gasteiger charge is 2.13. The van der Waals surface area contributed by atoms with Gasteiger partial charge in [0.25, 0.3) is 0 Å². The number of hydroxylamine groups is 2. The Bertz CT molecular complexity index is 104. The molecule has 1 aliphatic heterocycles. The van der Waals surface area contributed by atoms with E-state index in [9.17, 15) is 0 Å². The Hall–Kier alpha value is -0.740. The van der Waals surface area contributed by atoms with Gasteiger partial charge in [-0.05, 0) is 0 Å². The summed E-state index contributed by atoms with van der Waals surface area (Å²) in [5.74, 6) is 0. The summed E-state index contributed by atoms with van der Waals surface area (Å²) in [5, 5.41) is 1.40. The Kier molecular flexibility index (Phi) is 1.36. The van der Waals surface area contributed by atoms with Crippen molar-refractivity contribution in [2.75, 3.05) is 7.11 Å². The van der Waals surface area contributed by atoms with Crippen molar-refractivity contribution in [1.82, 2.24) is 5.06 Å². The molecule has 1 rings (SSSR count). The summed E-state index contributed by atoms with van der Waals surface area (Å²) in [7, 11) is 1.53. The van der Waals surface area contributed by atoms with Crippen LogP contribution in [0.2, 0.25) is 0 Å². The molecule has 1 heterocycles. The summed E-state index contributed by atoms with van der Waals surface area (Å²) in [6, 6.07) is 0. The molecule has 0 radical (unpaired) electrons. The third-order valence-electron chi connectivity index (χ3n) is 0.887. The van der Waals surface area contributed by atoms with Crippen LogP contribution < -0.4 is 5.73 Å². The first-order chi connectivity index (χ1) is 3.84. The van der Waals surface area contributed by atoms with E-state index in [1.807, 2.05) is 0 Å². The van der Waals surface area contributed by atoms with Crippen molar-refractivity contribution in [2.45, 2.75) is 6.35 Å². The van der Waals surface area contributed by atoms with Crippen molar-refractivity contribution in [3.05, 3.63) is 12.5 Å². The van der Waals surface area contributed by atoms with Gasteiger partial charge in [-0.2, -0.15) is 0 Å². The van der Waals surface area contributed by atoms with Crippen molar-refractivity contribution in [1.29, 1.82) is 0 Å². The predicted molar refractivity (Wildman–Crippen MR) is 27.0 cm³/mol. The molecular weight excluding hydrogens is 108 g/mol. The van der Waals surface area contributed by atoms with E-state index in [0.717, 1.165) is 0 Å². The van der Waals surface area contributed by atoms with Gasteiger partial charge in [-0.15, -0.1) is 0 Å². The van der Waals surface area contributed by atoms with Gasteiger partial charge in [-0.3, -0.25) is 10.6 Å². The van der Waals surface area contributed by atoms with Gasteiger partial charge < -0.3 is 4.74 Å². The Morgan fingerprint density at radius 2 is 2.62 bits per heavy atom. The zero-order valence-electron chi connectivity index (χ0n) is 4.57. The zero-order valence-corrected chi connectivity index (χ0v) is 4.57. The molecule has 0 spiro atoms. The van der Waals surface area contributed by atoms with E-state index in [0.29, 0.717) is 0 Å². The second-order valence-electron chi connectivity index (χ2n) is 1.35. The lowest BCUT2D eigenvalue weighted by Crippen LogP contribution is -2.34. The van der Waals surface area contributed by atoms with Crippen LogP contribution in [-0.4, -0.2) is 18.5 Å². The molecule has 0 aromatic rings. The lowest BCUT2D eigenvalue weighted by atomic mass is 10.9. The second kappa shape index (κ2) is 2.02. The quantitative estimate of drug-likeness (QED) is 0.506. The van der Waals surface area contributed by atoms with Gasteiger partial charge in [0.15, 0.2) is 0 Å². The molecule has 0 saturated heterocycles. The van der Waals surface area contributed by atoms with Crippen LogP contribution >= 0.6 is 0 Å². The monoisotopic (exact) mass is 116 g/mol. The van der Waals surface area contributed by atoms with E-state index in [-0.39, 0.29) is 0 Å². The highest BCUT2D eigenvalue weighted by Crippen LogP contribution is 2.04. The van der Waals surface area contributed by atoms with Gasteiger partial charge >= 0.3 is 0 Å². The van der Waals surface area contributed by atoms with Crippen LogP contribution in [0.25, 0.3) is 0 Å². The maximum atomic E-state index is 5.31. The van der Waals surface area contributed by atoms with Gasteiger partial charge in [-0.25, -0.2) is 5.06 Å². The smallest absolute Gasteiger partial charge is 0.248 e. The van der Waals surface area contributed by atoms with Gasteiger partial charge in [0, 0.05) is 0 Å². The Labute approximate surface area is 47.4 Å². The van der Waals surface area contributed by atoms with Crippen molar-refractivity contribution >= 4 is 0 Å². The van der Waals surface area contributed by atoms with Crippen LogP contribution in [0.15, 0.2) is 12.5 Å². The van der Waals surface area contributed by atoms with E-state index < -0.39 is 6.35 Å². The zero-order chi connectivity index (χ0) is 5.98. The van der Waals surface area contributed by atoms with Crippen LogP contribution in [0, 0.1) is 0 Å². The van der Waals surface area contributed by atoms with Gasteiger partial charge in [0.05, 0.1) is 13.3 Å². The molecule has 0 saturated carbocycles. The molecule has 46 valence electrons. The highest BCUT2D eigenvalue weighted by atomic mass is 16.7. The molecule has 2 N–H and O–H groups in total. The lowest BCUT2D eigenvalue weighted by molar-refractivity contribution is -0.163. The topological polar surface area (TPSA) is 47.7 Å². The summed E-state index contributed by atoms with van der Waals surface area (Å²) >= 11 is 0. The van der Waals surface area contributed by atoms with Gasteiger partial charge in [-0.1, -0.05) is 0 Å². The fourth-order valence-electron chi connectivity index (χ4n) is 0.485. The number of nitrogens with zero attached hydrogens (tertiary/aromatic N) is 1. The highest BCUT2D eigenvalue weighted by molar-refractivity contribution is 4.77. The average Bonchev–Trinajstić information content (AvgIpc) is 2.14. The predicted octanol–water partition coefficient (Wildman–Crippen LogP) is -0.407. The fourth-order valence-corrected chi connectivity index (χ4v) is 0.485. The molecule has 1 unspecified atom stereocenters. The molecule has 1 aliphatic rings. The van der Waals surface area contributed by atoms with Crippen molar-refractivity contribution in [3.8, 4) is 0 Å². The van der Waals surface area contributed by atoms with E-state index in [4.69, 9.17) is 15.3 Å². The minimum absolute atomic E-state index is 0.472. The summed E-state index contributed by atoms with van der Waals surface area (Å²) in [4.78, 5) is 4.72. The van der Waals surface area contributed by atoms with Crippen molar-refractivity contribution in [3.63, 3.8) is 0 Å². The fraction of sp³-hybridized carbons (Fsp3) is 0.500. The molecule has 8 heavy (non-hydrogen) atoms. The first-order valence-corrected chi connectivity index (χ1v) is 2.25. The number of hydrogen-bond donors (Lipinski definition) is 1. The SMILES string of the molecule is CON1C=COC1N. The summed E-state index contributed by atoms with van der Waals surface area (Å²) in [6.07, 6.45) is 2.62. The number of hydrogen-bond acceptors (Lipinski definition) is 4. The normalized spacial score (nSPS) is 26.2. The summed E-state index contributed by atoms with van der Waals surface area (Å²) in [6.45, 7) is 0. The first kappa shape index (κ1) is 5.40. The molecule has 4 nitrogen and oxygen atoms in total. The molecular formula is C4H8N2O2. The first-order valence-electron chi connectivity index (χ1n) is 2.25. The Balaban J connectivity index is 2.41. The maximum absolute atomic E-state index is 5.31. The van der Waals surface area contributed by atoms with Crippen molar-refractivity contribution < 1.29 is 9.57 Å². The molecule has 1 atom stereocenters. The lowest BCUT2D eigenvalue weighted by Gasteiger charge is -2.15. The Morgan fingerprint density at radius 1 is 1.88 bits per heavy atom. The van der Waals surface area contributed by atoms with Crippen LogP contribution in [0.3, 0.4) is 0 Å². The van der Waals surface area contributed by atoms with E-state index >= 15 is 0 Å². The van der Waals surface area contributed by atoms with Crippen molar-refractivity contribution in [2.24, 2.45) is 5.73 Å². The molecule has 4 heteroatoms. The molecule has 0 aliphatic carbocycles. The van der Waals surface area contributed by atoms with Crippen LogP contribution in [0.4, 0.5) is 0 Å². The largest absolute Gasteiger partial charge is 0.461 e. The van der Waals surface area contributed by atoms with E-state index in [2.05, 4.69) is 0 Å². The van der Waals surface area contributed by atoms with E-state index in [1.165, 1.54) is 18.4 Å². The average molecular weight is 116 g/mol. The number of nitrogens with two attached hydrogens (primary N) is 1. The minimum Gasteiger partial charge on any atom is -0.461 e. The minimum atomic E-state index is -0.472. The maximum Gasteiger partial charge on any atom is 0.248 e. The summed E-state index contributed by atoms with van der Waals surface area (Å²) in [5.41, 5.74) is 5.31.